The zero-order valence-corrected chi connectivity index (χ0v) is 7.95. The van der Waals surface area contributed by atoms with Crippen LogP contribution in [0.25, 0.3) is 0 Å². The number of methoxy groups -OCH3 is 1. The van der Waals surface area contributed by atoms with Gasteiger partial charge in [0, 0.05) is 12.1 Å². The summed E-state index contributed by atoms with van der Waals surface area (Å²) in [5.41, 5.74) is 5.16. The number of para-hydroxylation sites is 1. The van der Waals surface area contributed by atoms with Gasteiger partial charge < -0.3 is 15.6 Å². The van der Waals surface area contributed by atoms with Crippen molar-refractivity contribution in [1.29, 1.82) is 0 Å². The molecule has 1 aromatic rings. The Labute approximate surface area is 78.1 Å². The lowest BCUT2D eigenvalue weighted by Gasteiger charge is -2.23. The van der Waals surface area contributed by atoms with Gasteiger partial charge in [-0.05, 0) is 13.0 Å². The van der Waals surface area contributed by atoms with E-state index in [1.165, 1.54) is 0 Å². The third kappa shape index (κ3) is 1.99. The zero-order chi connectivity index (χ0) is 9.90. The van der Waals surface area contributed by atoms with E-state index in [1.807, 2.05) is 18.2 Å². The maximum Gasteiger partial charge on any atom is 0.124 e. The summed E-state index contributed by atoms with van der Waals surface area (Å²) in [6.07, 6.45) is 0. The fraction of sp³-hybridized carbons (Fsp3) is 0.400. The second kappa shape index (κ2) is 3.77. The van der Waals surface area contributed by atoms with Crippen LogP contribution in [0.5, 0.6) is 5.75 Å². The average molecular weight is 181 g/mol. The van der Waals surface area contributed by atoms with E-state index in [1.54, 1.807) is 20.1 Å². The quantitative estimate of drug-likeness (QED) is 0.727. The van der Waals surface area contributed by atoms with Crippen LogP contribution < -0.4 is 10.5 Å². The van der Waals surface area contributed by atoms with Crippen molar-refractivity contribution < 1.29 is 9.84 Å². The average Bonchev–Trinajstić information content (AvgIpc) is 2.18. The van der Waals surface area contributed by atoms with Gasteiger partial charge in [-0.3, -0.25) is 0 Å². The van der Waals surface area contributed by atoms with E-state index >= 15 is 0 Å². The molecule has 0 bridgehead atoms. The highest BCUT2D eigenvalue weighted by atomic mass is 16.5. The van der Waals surface area contributed by atoms with Gasteiger partial charge in [0.05, 0.1) is 7.11 Å². The topological polar surface area (TPSA) is 55.5 Å². The van der Waals surface area contributed by atoms with E-state index in [0.29, 0.717) is 5.75 Å². The molecule has 0 aliphatic heterocycles. The Kier molecular flexibility index (Phi) is 2.90. The van der Waals surface area contributed by atoms with Crippen LogP contribution in [0.3, 0.4) is 0 Å². The van der Waals surface area contributed by atoms with Crippen molar-refractivity contribution in [3.8, 4) is 5.75 Å². The van der Waals surface area contributed by atoms with Crippen LogP contribution in [0.2, 0.25) is 0 Å². The van der Waals surface area contributed by atoms with Crippen LogP contribution in [0.15, 0.2) is 24.3 Å². The SMILES string of the molecule is COc1ccccc1[C@](C)(O)CN. The minimum Gasteiger partial charge on any atom is -0.496 e. The smallest absolute Gasteiger partial charge is 0.124 e. The van der Waals surface area contributed by atoms with E-state index in [4.69, 9.17) is 10.5 Å². The predicted octanol–water partition coefficient (Wildman–Crippen LogP) is 0.861. The van der Waals surface area contributed by atoms with Crippen LogP contribution >= 0.6 is 0 Å². The lowest BCUT2D eigenvalue weighted by Crippen LogP contribution is -2.31. The molecule has 13 heavy (non-hydrogen) atoms. The van der Waals surface area contributed by atoms with E-state index in [0.717, 1.165) is 5.56 Å². The van der Waals surface area contributed by atoms with Crippen molar-refractivity contribution in [3.05, 3.63) is 29.8 Å². The van der Waals surface area contributed by atoms with Crippen LogP contribution in [0.4, 0.5) is 0 Å². The van der Waals surface area contributed by atoms with Gasteiger partial charge in [0.1, 0.15) is 11.4 Å². The normalized spacial score (nSPS) is 15.1. The molecule has 0 unspecified atom stereocenters. The molecule has 1 atom stereocenters. The van der Waals surface area contributed by atoms with Gasteiger partial charge in [0.15, 0.2) is 0 Å². The second-order valence-electron chi connectivity index (χ2n) is 3.18. The fourth-order valence-electron chi connectivity index (χ4n) is 1.20. The summed E-state index contributed by atoms with van der Waals surface area (Å²) in [4.78, 5) is 0. The van der Waals surface area contributed by atoms with Crippen molar-refractivity contribution in [2.24, 2.45) is 5.73 Å². The van der Waals surface area contributed by atoms with Gasteiger partial charge >= 0.3 is 0 Å². The molecule has 0 saturated heterocycles. The Morgan fingerprint density at radius 1 is 1.46 bits per heavy atom. The summed E-state index contributed by atoms with van der Waals surface area (Å²) in [7, 11) is 1.57. The summed E-state index contributed by atoms with van der Waals surface area (Å²) in [6.45, 7) is 1.85. The first-order valence-corrected chi connectivity index (χ1v) is 4.18. The lowest BCUT2D eigenvalue weighted by molar-refractivity contribution is 0.0641. The Balaban J connectivity index is 3.12. The minimum atomic E-state index is -1.02. The standard InChI is InChI=1S/C10H15NO2/c1-10(12,7-11)8-5-3-4-6-9(8)13-2/h3-6,12H,7,11H2,1-2H3/t10-/m1/s1. The molecule has 72 valence electrons. The zero-order valence-electron chi connectivity index (χ0n) is 7.95. The maximum absolute atomic E-state index is 9.90. The van der Waals surface area contributed by atoms with Gasteiger partial charge in [-0.2, -0.15) is 0 Å². The van der Waals surface area contributed by atoms with Gasteiger partial charge in [0.2, 0.25) is 0 Å². The molecule has 0 radical (unpaired) electrons. The molecule has 3 heteroatoms. The number of hydrogen-bond acceptors (Lipinski definition) is 3. The van der Waals surface area contributed by atoms with Crippen molar-refractivity contribution >= 4 is 0 Å². The van der Waals surface area contributed by atoms with Crippen molar-refractivity contribution in [3.63, 3.8) is 0 Å². The Hall–Kier alpha value is -1.06. The highest BCUT2D eigenvalue weighted by molar-refractivity contribution is 5.37. The number of ether oxygens (including phenoxy) is 1. The second-order valence-corrected chi connectivity index (χ2v) is 3.18. The summed E-state index contributed by atoms with van der Waals surface area (Å²) >= 11 is 0. The molecule has 0 aromatic heterocycles. The van der Waals surface area contributed by atoms with E-state index in [2.05, 4.69) is 0 Å². The first-order chi connectivity index (χ1) is 6.11. The fourth-order valence-corrected chi connectivity index (χ4v) is 1.20. The molecule has 3 nitrogen and oxygen atoms in total. The van der Waals surface area contributed by atoms with E-state index < -0.39 is 5.60 Å². The molecule has 3 N–H and O–H groups in total. The number of hydrogen-bond donors (Lipinski definition) is 2. The molecule has 0 spiro atoms. The van der Waals surface area contributed by atoms with Crippen LogP contribution in [0.1, 0.15) is 12.5 Å². The molecule has 1 aromatic carbocycles. The molecule has 1 rings (SSSR count). The third-order valence-electron chi connectivity index (χ3n) is 2.08. The molecule has 0 heterocycles. The largest absolute Gasteiger partial charge is 0.496 e. The van der Waals surface area contributed by atoms with Gasteiger partial charge in [0.25, 0.3) is 0 Å². The molecule has 0 saturated carbocycles. The van der Waals surface area contributed by atoms with Gasteiger partial charge in [-0.25, -0.2) is 0 Å². The van der Waals surface area contributed by atoms with Crippen molar-refractivity contribution in [2.75, 3.05) is 13.7 Å². The monoisotopic (exact) mass is 181 g/mol. The van der Waals surface area contributed by atoms with E-state index in [-0.39, 0.29) is 6.54 Å². The third-order valence-corrected chi connectivity index (χ3v) is 2.08. The molecule has 0 aliphatic rings. The number of aliphatic hydroxyl groups is 1. The molecule has 0 fully saturated rings. The molecular formula is C10H15NO2. The predicted molar refractivity (Wildman–Crippen MR) is 51.6 cm³/mol. The lowest BCUT2D eigenvalue weighted by atomic mass is 9.95. The van der Waals surface area contributed by atoms with Crippen molar-refractivity contribution in [1.82, 2.24) is 0 Å². The summed E-state index contributed by atoms with van der Waals surface area (Å²) in [6, 6.07) is 7.32. The van der Waals surface area contributed by atoms with E-state index in [9.17, 15) is 5.11 Å². The molecule has 0 amide bonds. The number of nitrogens with two attached hydrogens (primary N) is 1. The van der Waals surface area contributed by atoms with Crippen LogP contribution in [-0.2, 0) is 5.60 Å². The van der Waals surface area contributed by atoms with Crippen LogP contribution in [0, 0.1) is 0 Å². The van der Waals surface area contributed by atoms with Gasteiger partial charge in [-0.1, -0.05) is 18.2 Å². The van der Waals surface area contributed by atoms with Crippen molar-refractivity contribution in [2.45, 2.75) is 12.5 Å². The number of rotatable bonds is 3. The highest BCUT2D eigenvalue weighted by Gasteiger charge is 2.24. The first kappa shape index (κ1) is 10.0. The van der Waals surface area contributed by atoms with Gasteiger partial charge in [-0.15, -0.1) is 0 Å². The Morgan fingerprint density at radius 3 is 2.62 bits per heavy atom. The summed E-state index contributed by atoms with van der Waals surface area (Å²) in [5, 5.41) is 9.90. The number of benzene rings is 1. The Morgan fingerprint density at radius 2 is 2.08 bits per heavy atom. The highest BCUT2D eigenvalue weighted by Crippen LogP contribution is 2.28. The first-order valence-electron chi connectivity index (χ1n) is 4.18. The minimum absolute atomic E-state index is 0.174. The Bertz CT molecular complexity index is 284. The van der Waals surface area contributed by atoms with Crippen LogP contribution in [-0.4, -0.2) is 18.8 Å². The maximum atomic E-state index is 9.90. The summed E-state index contributed by atoms with van der Waals surface area (Å²) in [5.74, 6) is 0.665. The molecular weight excluding hydrogens is 166 g/mol. The summed E-state index contributed by atoms with van der Waals surface area (Å²) < 4.78 is 5.12. The molecule has 0 aliphatic carbocycles.